The Labute approximate surface area is 167 Å². The molecule has 0 unspecified atom stereocenters. The molecule has 0 spiro atoms. The van der Waals surface area contributed by atoms with Gasteiger partial charge in [0.2, 0.25) is 0 Å². The van der Waals surface area contributed by atoms with E-state index >= 15 is 0 Å². The highest BCUT2D eigenvalue weighted by Crippen LogP contribution is 2.17. The van der Waals surface area contributed by atoms with Crippen LogP contribution in [-0.4, -0.2) is 10.2 Å². The van der Waals surface area contributed by atoms with E-state index in [1.165, 1.54) is 5.56 Å². The molecule has 6 heteroatoms. The Hall–Kier alpha value is -2.43. The number of nitrogens with one attached hydrogen (secondary N) is 1. The minimum absolute atomic E-state index is 0. The van der Waals surface area contributed by atoms with E-state index < -0.39 is 0 Å². The van der Waals surface area contributed by atoms with Gasteiger partial charge in [0.05, 0.1) is 17.1 Å². The fourth-order valence-electron chi connectivity index (χ4n) is 2.19. The highest BCUT2D eigenvalue weighted by atomic mass is 35.5. The summed E-state index contributed by atoms with van der Waals surface area (Å²) < 4.78 is 0. The molecule has 3 rings (SSSR count). The molecule has 26 heavy (non-hydrogen) atoms. The molecule has 0 bridgehead atoms. The molecule has 1 heterocycles. The number of anilines is 2. The van der Waals surface area contributed by atoms with Crippen LogP contribution in [-0.2, 0) is 6.42 Å². The van der Waals surface area contributed by atoms with Gasteiger partial charge < -0.3 is 11.5 Å². The lowest BCUT2D eigenvalue weighted by atomic mass is 10.1. The Morgan fingerprint density at radius 2 is 1.58 bits per heavy atom. The lowest BCUT2D eigenvalue weighted by Gasteiger charge is -2.00. The number of aromatic nitrogens is 2. The summed E-state index contributed by atoms with van der Waals surface area (Å²) in [6, 6.07) is 15.8. The molecule has 0 fully saturated rings. The molecule has 0 saturated carbocycles. The second kappa shape index (κ2) is 12.0. The van der Waals surface area contributed by atoms with E-state index in [9.17, 15) is 0 Å². The first-order valence-electron chi connectivity index (χ1n) is 7.97. The third-order valence-corrected chi connectivity index (χ3v) is 3.70. The SMILES string of the molecule is CCc1c[nH]nc1C.Cl.Cl.Nc1ccc(C=Cc2ccccc2)cc1N. The molecule has 0 amide bonds. The summed E-state index contributed by atoms with van der Waals surface area (Å²) in [6.07, 6.45) is 7.08. The first kappa shape index (κ1) is 23.6. The molecule has 0 aliphatic rings. The maximum Gasteiger partial charge on any atom is 0.0623 e. The largest absolute Gasteiger partial charge is 0.397 e. The molecule has 0 atom stereocenters. The third kappa shape index (κ3) is 7.21. The zero-order valence-electron chi connectivity index (χ0n) is 15.0. The summed E-state index contributed by atoms with van der Waals surface area (Å²) in [6.45, 7) is 4.13. The molecule has 4 nitrogen and oxygen atoms in total. The topological polar surface area (TPSA) is 80.7 Å². The predicted octanol–water partition coefficient (Wildman–Crippen LogP) is 5.15. The molecule has 0 saturated heterocycles. The van der Waals surface area contributed by atoms with Crippen LogP contribution in [0.5, 0.6) is 0 Å². The van der Waals surface area contributed by atoms with Crippen LogP contribution < -0.4 is 11.5 Å². The molecule has 3 aromatic rings. The van der Waals surface area contributed by atoms with Gasteiger partial charge in [-0.3, -0.25) is 5.10 Å². The van der Waals surface area contributed by atoms with Crippen LogP contribution in [0, 0.1) is 6.92 Å². The fourth-order valence-corrected chi connectivity index (χ4v) is 2.19. The minimum Gasteiger partial charge on any atom is -0.397 e. The molecular weight excluding hydrogens is 367 g/mol. The lowest BCUT2D eigenvalue weighted by molar-refractivity contribution is 1.04. The number of benzene rings is 2. The van der Waals surface area contributed by atoms with Crippen LogP contribution in [0.2, 0.25) is 0 Å². The Bertz CT molecular complexity index is 799. The van der Waals surface area contributed by atoms with E-state index in [0.717, 1.165) is 23.2 Å². The van der Waals surface area contributed by atoms with Crippen molar-refractivity contribution in [3.8, 4) is 0 Å². The zero-order chi connectivity index (χ0) is 17.4. The van der Waals surface area contributed by atoms with Crippen molar-refractivity contribution in [1.29, 1.82) is 0 Å². The number of nitrogen functional groups attached to an aromatic ring is 2. The summed E-state index contributed by atoms with van der Waals surface area (Å²) >= 11 is 0. The van der Waals surface area contributed by atoms with E-state index in [-0.39, 0.29) is 24.8 Å². The fraction of sp³-hybridized carbons (Fsp3) is 0.150. The number of nitrogens with two attached hydrogens (primary N) is 2. The normalized spacial score (nSPS) is 9.62. The Morgan fingerprint density at radius 1 is 0.923 bits per heavy atom. The van der Waals surface area contributed by atoms with Gasteiger partial charge in [-0.1, -0.05) is 55.5 Å². The van der Waals surface area contributed by atoms with Crippen LogP contribution in [0.3, 0.4) is 0 Å². The van der Waals surface area contributed by atoms with Crippen LogP contribution in [0.15, 0.2) is 54.7 Å². The number of hydrogen-bond donors (Lipinski definition) is 3. The van der Waals surface area contributed by atoms with Crippen LogP contribution in [0.25, 0.3) is 12.2 Å². The second-order valence-corrected chi connectivity index (χ2v) is 5.48. The van der Waals surface area contributed by atoms with Gasteiger partial charge in [-0.05, 0) is 42.2 Å². The van der Waals surface area contributed by atoms with Crippen molar-refractivity contribution in [2.24, 2.45) is 0 Å². The summed E-state index contributed by atoms with van der Waals surface area (Å²) in [4.78, 5) is 0. The van der Waals surface area contributed by atoms with E-state index in [0.29, 0.717) is 11.4 Å². The van der Waals surface area contributed by atoms with Gasteiger partial charge in [-0.25, -0.2) is 0 Å². The standard InChI is InChI=1S/C14H14N2.C6H10N2.2ClH/c15-13-9-8-12(10-14(13)16)7-6-11-4-2-1-3-5-11;1-3-6-4-7-8-5(6)2;;/h1-10H,15-16H2;4H,3H2,1-2H3,(H,7,8);2*1H. The molecule has 2 aromatic carbocycles. The number of halogens is 2. The maximum atomic E-state index is 5.73. The maximum absolute atomic E-state index is 5.73. The molecule has 0 radical (unpaired) electrons. The average Bonchev–Trinajstić information content (AvgIpc) is 3.02. The highest BCUT2D eigenvalue weighted by Gasteiger charge is 1.94. The van der Waals surface area contributed by atoms with Crippen molar-refractivity contribution >= 4 is 48.3 Å². The summed E-state index contributed by atoms with van der Waals surface area (Å²) in [7, 11) is 0. The molecule has 5 N–H and O–H groups in total. The van der Waals surface area contributed by atoms with Gasteiger partial charge >= 0.3 is 0 Å². The summed E-state index contributed by atoms with van der Waals surface area (Å²) in [5, 5.41) is 6.76. The quantitative estimate of drug-likeness (QED) is 0.425. The van der Waals surface area contributed by atoms with Crippen molar-refractivity contribution in [3.63, 3.8) is 0 Å². The number of H-pyrrole nitrogens is 1. The molecule has 0 aliphatic heterocycles. The van der Waals surface area contributed by atoms with Crippen LogP contribution in [0.4, 0.5) is 11.4 Å². The van der Waals surface area contributed by atoms with Crippen molar-refractivity contribution in [3.05, 3.63) is 77.1 Å². The average molecular weight is 393 g/mol. The smallest absolute Gasteiger partial charge is 0.0623 e. The van der Waals surface area contributed by atoms with Gasteiger partial charge in [0.1, 0.15) is 0 Å². The van der Waals surface area contributed by atoms with Gasteiger partial charge in [0.25, 0.3) is 0 Å². The van der Waals surface area contributed by atoms with Crippen molar-refractivity contribution < 1.29 is 0 Å². The number of rotatable bonds is 3. The van der Waals surface area contributed by atoms with Gasteiger partial charge in [-0.15, -0.1) is 24.8 Å². The van der Waals surface area contributed by atoms with Gasteiger partial charge in [0.15, 0.2) is 0 Å². The van der Waals surface area contributed by atoms with E-state index in [2.05, 4.69) is 29.3 Å². The van der Waals surface area contributed by atoms with Crippen molar-refractivity contribution in [2.45, 2.75) is 20.3 Å². The van der Waals surface area contributed by atoms with E-state index in [4.69, 9.17) is 11.5 Å². The van der Waals surface area contributed by atoms with E-state index in [1.54, 1.807) is 0 Å². The van der Waals surface area contributed by atoms with Crippen molar-refractivity contribution in [2.75, 3.05) is 11.5 Å². The second-order valence-electron chi connectivity index (χ2n) is 5.48. The first-order valence-corrected chi connectivity index (χ1v) is 7.97. The number of aryl methyl sites for hydroxylation is 2. The first-order chi connectivity index (χ1) is 11.6. The third-order valence-electron chi connectivity index (χ3n) is 3.70. The lowest BCUT2D eigenvalue weighted by Crippen LogP contribution is -1.93. The Kier molecular flexibility index (Phi) is 10.9. The Morgan fingerprint density at radius 3 is 2.08 bits per heavy atom. The number of hydrogen-bond acceptors (Lipinski definition) is 3. The number of aromatic amines is 1. The minimum atomic E-state index is 0. The molecular formula is C20H26Cl2N4. The monoisotopic (exact) mass is 392 g/mol. The Balaban J connectivity index is 0.000000536. The zero-order valence-corrected chi connectivity index (χ0v) is 16.6. The van der Waals surface area contributed by atoms with Crippen LogP contribution >= 0.6 is 24.8 Å². The van der Waals surface area contributed by atoms with Gasteiger partial charge in [-0.2, -0.15) is 5.10 Å². The predicted molar refractivity (Wildman–Crippen MR) is 118 cm³/mol. The molecule has 0 aliphatic carbocycles. The van der Waals surface area contributed by atoms with Crippen LogP contribution in [0.1, 0.15) is 29.3 Å². The molecule has 1 aromatic heterocycles. The van der Waals surface area contributed by atoms with Crippen molar-refractivity contribution in [1.82, 2.24) is 10.2 Å². The number of nitrogens with zero attached hydrogens (tertiary/aromatic N) is 1. The summed E-state index contributed by atoms with van der Waals surface area (Å²) in [5.41, 5.74) is 17.3. The van der Waals surface area contributed by atoms with E-state index in [1.807, 2.05) is 61.7 Å². The molecule has 140 valence electrons. The summed E-state index contributed by atoms with van der Waals surface area (Å²) in [5.74, 6) is 0. The van der Waals surface area contributed by atoms with Gasteiger partial charge in [0, 0.05) is 6.20 Å². The highest BCUT2D eigenvalue weighted by molar-refractivity contribution is 5.85.